The normalized spacial score (nSPS) is 14.3. The van der Waals surface area contributed by atoms with Crippen molar-refractivity contribution in [3.63, 3.8) is 0 Å². The van der Waals surface area contributed by atoms with Gasteiger partial charge in [0.15, 0.2) is 0 Å². The summed E-state index contributed by atoms with van der Waals surface area (Å²) < 4.78 is 31.7. The maximum absolute atomic E-state index is 12.2. The van der Waals surface area contributed by atoms with E-state index in [2.05, 4.69) is 31.3 Å². The average Bonchev–Trinajstić information content (AvgIpc) is 2.70. The van der Waals surface area contributed by atoms with Crippen LogP contribution in [0, 0.1) is 0 Å². The Labute approximate surface area is 190 Å². The van der Waals surface area contributed by atoms with E-state index in [-0.39, 0.29) is 12.3 Å². The number of allylic oxidation sites excluding steroid dienone is 3. The Morgan fingerprint density at radius 1 is 0.839 bits per heavy atom. The van der Waals surface area contributed by atoms with Crippen LogP contribution in [0.2, 0.25) is 0 Å². The predicted molar refractivity (Wildman–Crippen MR) is 129 cm³/mol. The summed E-state index contributed by atoms with van der Waals surface area (Å²) in [6.45, 7) is 4.29. The van der Waals surface area contributed by atoms with Crippen LogP contribution in [0.3, 0.4) is 0 Å². The zero-order chi connectivity index (χ0) is 23.4. The van der Waals surface area contributed by atoms with E-state index in [1.807, 2.05) is 0 Å². The van der Waals surface area contributed by atoms with Crippen molar-refractivity contribution >= 4 is 16.0 Å². The van der Waals surface area contributed by atoms with E-state index < -0.39 is 28.0 Å². The Bertz CT molecular complexity index is 601. The second-order valence-electron chi connectivity index (χ2n) is 8.26. The highest BCUT2D eigenvalue weighted by Crippen LogP contribution is 2.09. The SMILES string of the molecule is CCCC/C=C\CCCCCCCC(=O)NC(CS(=O)(=O)O)C(O)/C=C/CCCCC. The lowest BCUT2D eigenvalue weighted by atomic mass is 10.1. The molecule has 2 unspecified atom stereocenters. The summed E-state index contributed by atoms with van der Waals surface area (Å²) in [7, 11) is -4.31. The van der Waals surface area contributed by atoms with Crippen molar-refractivity contribution in [2.45, 2.75) is 116 Å². The highest BCUT2D eigenvalue weighted by molar-refractivity contribution is 7.85. The van der Waals surface area contributed by atoms with Crippen LogP contribution in [-0.2, 0) is 14.9 Å². The minimum Gasteiger partial charge on any atom is -0.387 e. The van der Waals surface area contributed by atoms with Gasteiger partial charge < -0.3 is 10.4 Å². The van der Waals surface area contributed by atoms with E-state index in [9.17, 15) is 18.3 Å². The summed E-state index contributed by atoms with van der Waals surface area (Å²) in [5.41, 5.74) is 0. The van der Waals surface area contributed by atoms with Crippen LogP contribution in [0.4, 0.5) is 0 Å². The van der Waals surface area contributed by atoms with Gasteiger partial charge in [-0.2, -0.15) is 8.42 Å². The van der Waals surface area contributed by atoms with Crippen LogP contribution in [0.15, 0.2) is 24.3 Å². The van der Waals surface area contributed by atoms with Gasteiger partial charge in [0.05, 0.1) is 17.9 Å². The minimum absolute atomic E-state index is 0.284. The Kier molecular flexibility index (Phi) is 18.8. The molecule has 0 bridgehead atoms. The lowest BCUT2D eigenvalue weighted by Crippen LogP contribution is -2.46. The highest BCUT2D eigenvalue weighted by atomic mass is 32.2. The molecule has 0 heterocycles. The predicted octanol–water partition coefficient (Wildman–Crippen LogP) is 5.33. The Balaban J connectivity index is 4.18. The molecule has 182 valence electrons. The molecule has 0 spiro atoms. The molecule has 0 aromatic heterocycles. The first-order chi connectivity index (χ1) is 14.8. The topological polar surface area (TPSA) is 104 Å². The number of unbranched alkanes of at least 4 members (excludes halogenated alkanes) is 10. The second-order valence-corrected chi connectivity index (χ2v) is 9.75. The Morgan fingerprint density at radius 2 is 1.39 bits per heavy atom. The first kappa shape index (κ1) is 29.8. The number of hydrogen-bond donors (Lipinski definition) is 3. The Morgan fingerprint density at radius 3 is 2.03 bits per heavy atom. The van der Waals surface area contributed by atoms with Crippen molar-refractivity contribution in [3.8, 4) is 0 Å². The van der Waals surface area contributed by atoms with Crippen LogP contribution in [0.1, 0.15) is 104 Å². The zero-order valence-corrected chi connectivity index (χ0v) is 20.4. The van der Waals surface area contributed by atoms with E-state index in [1.165, 1.54) is 18.9 Å². The first-order valence-electron chi connectivity index (χ1n) is 12.0. The standard InChI is InChI=1S/C24H45NO5S/c1-3-5-7-9-10-11-12-13-14-16-18-20-24(27)25-22(21-31(28,29)30)23(26)19-17-15-8-6-4-2/h9-10,17,19,22-23,26H,3-8,11-16,18,20-21H2,1-2H3,(H,25,27)(H,28,29,30)/b10-9-,19-17+. The molecule has 0 rings (SSSR count). The van der Waals surface area contributed by atoms with Crippen LogP contribution in [-0.4, -0.2) is 41.9 Å². The minimum atomic E-state index is -4.31. The lowest BCUT2D eigenvalue weighted by Gasteiger charge is -2.21. The number of aliphatic hydroxyl groups is 1. The fourth-order valence-electron chi connectivity index (χ4n) is 3.25. The third-order valence-electron chi connectivity index (χ3n) is 5.12. The summed E-state index contributed by atoms with van der Waals surface area (Å²) in [6.07, 6.45) is 20.6. The highest BCUT2D eigenvalue weighted by Gasteiger charge is 2.24. The van der Waals surface area contributed by atoms with Crippen LogP contribution in [0.25, 0.3) is 0 Å². The Hall–Kier alpha value is -1.18. The number of carbonyl (C=O) groups is 1. The number of hydrogen-bond acceptors (Lipinski definition) is 4. The van der Waals surface area contributed by atoms with E-state index in [4.69, 9.17) is 4.55 Å². The van der Waals surface area contributed by atoms with E-state index in [1.54, 1.807) is 6.08 Å². The van der Waals surface area contributed by atoms with Crippen molar-refractivity contribution in [1.82, 2.24) is 5.32 Å². The number of amides is 1. The van der Waals surface area contributed by atoms with Gasteiger partial charge >= 0.3 is 0 Å². The third kappa shape index (κ3) is 20.5. The number of nitrogens with one attached hydrogen (secondary N) is 1. The molecule has 0 saturated carbocycles. The van der Waals surface area contributed by atoms with Gasteiger partial charge in [0, 0.05) is 6.42 Å². The molecule has 0 fully saturated rings. The molecule has 0 aliphatic carbocycles. The quantitative estimate of drug-likeness (QED) is 0.130. The van der Waals surface area contributed by atoms with Gasteiger partial charge in [-0.25, -0.2) is 0 Å². The first-order valence-corrected chi connectivity index (χ1v) is 13.6. The molecule has 1 amide bonds. The number of carbonyl (C=O) groups excluding carboxylic acids is 1. The molecular weight excluding hydrogens is 414 g/mol. The molecule has 0 aliphatic rings. The maximum Gasteiger partial charge on any atom is 0.267 e. The van der Waals surface area contributed by atoms with Gasteiger partial charge in [-0.05, 0) is 38.5 Å². The zero-order valence-electron chi connectivity index (χ0n) is 19.6. The monoisotopic (exact) mass is 459 g/mol. The molecule has 31 heavy (non-hydrogen) atoms. The van der Waals surface area contributed by atoms with E-state index in [0.29, 0.717) is 0 Å². The smallest absolute Gasteiger partial charge is 0.267 e. The second kappa shape index (κ2) is 19.5. The van der Waals surface area contributed by atoms with E-state index in [0.717, 1.165) is 70.6 Å². The van der Waals surface area contributed by atoms with Crippen molar-refractivity contribution < 1.29 is 22.9 Å². The van der Waals surface area contributed by atoms with Crippen molar-refractivity contribution in [2.24, 2.45) is 0 Å². The van der Waals surface area contributed by atoms with E-state index >= 15 is 0 Å². The molecular formula is C24H45NO5S. The summed E-state index contributed by atoms with van der Waals surface area (Å²) in [5, 5.41) is 12.8. The summed E-state index contributed by atoms with van der Waals surface area (Å²) in [6, 6.07) is -1.05. The fraction of sp³-hybridized carbons (Fsp3) is 0.792. The van der Waals surface area contributed by atoms with Crippen molar-refractivity contribution in [3.05, 3.63) is 24.3 Å². The van der Waals surface area contributed by atoms with Gasteiger partial charge in [-0.3, -0.25) is 9.35 Å². The largest absolute Gasteiger partial charge is 0.387 e. The van der Waals surface area contributed by atoms with Gasteiger partial charge in [0.2, 0.25) is 5.91 Å². The summed E-state index contributed by atoms with van der Waals surface area (Å²) in [4.78, 5) is 12.2. The molecule has 3 N–H and O–H groups in total. The molecule has 0 aromatic carbocycles. The van der Waals surface area contributed by atoms with Gasteiger partial charge in [-0.1, -0.05) is 83.1 Å². The average molecular weight is 460 g/mol. The van der Waals surface area contributed by atoms with Crippen molar-refractivity contribution in [2.75, 3.05) is 5.75 Å². The molecule has 0 radical (unpaired) electrons. The molecule has 0 aliphatic heterocycles. The lowest BCUT2D eigenvalue weighted by molar-refractivity contribution is -0.122. The molecule has 6 nitrogen and oxygen atoms in total. The van der Waals surface area contributed by atoms with Crippen LogP contribution < -0.4 is 5.32 Å². The van der Waals surface area contributed by atoms with Gasteiger partial charge in [-0.15, -0.1) is 0 Å². The van der Waals surface area contributed by atoms with Gasteiger partial charge in [0.25, 0.3) is 10.1 Å². The number of aliphatic hydroxyl groups excluding tert-OH is 1. The van der Waals surface area contributed by atoms with Crippen LogP contribution in [0.5, 0.6) is 0 Å². The summed E-state index contributed by atoms with van der Waals surface area (Å²) in [5.74, 6) is -1.00. The van der Waals surface area contributed by atoms with Crippen molar-refractivity contribution in [1.29, 1.82) is 0 Å². The van der Waals surface area contributed by atoms with Crippen LogP contribution >= 0.6 is 0 Å². The molecule has 7 heteroatoms. The fourth-order valence-corrected chi connectivity index (χ4v) is 3.98. The molecule has 2 atom stereocenters. The number of rotatable bonds is 20. The third-order valence-corrected chi connectivity index (χ3v) is 5.90. The summed E-state index contributed by atoms with van der Waals surface area (Å²) >= 11 is 0. The maximum atomic E-state index is 12.2. The van der Waals surface area contributed by atoms with Gasteiger partial charge in [0.1, 0.15) is 0 Å². The molecule has 0 saturated heterocycles. The molecule has 0 aromatic rings.